The number of rotatable bonds is 7. The Morgan fingerprint density at radius 2 is 1.79 bits per heavy atom. The van der Waals surface area contributed by atoms with E-state index in [9.17, 15) is 19.2 Å². The quantitative estimate of drug-likeness (QED) is 0.664. The van der Waals surface area contributed by atoms with E-state index < -0.39 is 5.66 Å². The number of fused-ring (bicyclic) bond motifs is 3. The molecule has 2 fully saturated rings. The van der Waals surface area contributed by atoms with Gasteiger partial charge in [-0.25, -0.2) is 0 Å². The normalized spacial score (nSPS) is 21.2. The largest absolute Gasteiger partial charge is 0.352 e. The number of nitrogens with zero attached hydrogens (tertiary/aromatic N) is 2. The van der Waals surface area contributed by atoms with Gasteiger partial charge in [0.25, 0.3) is 5.91 Å². The summed E-state index contributed by atoms with van der Waals surface area (Å²) in [5.41, 5.74) is 2.04. The Balaban J connectivity index is 1.18. The lowest BCUT2D eigenvalue weighted by Crippen LogP contribution is -2.62. The number of para-hydroxylation sites is 1. The first-order valence-electron chi connectivity index (χ1n) is 11.8. The standard InChI is InChI=1S/C26H28N4O4/c1-26-14-12-23(32)30(26)21-5-3-2-4-20(21)25(34)29(26)15-13-22(31)27-16-17-6-10-19(11-7-17)28-24(33)18-8-9-18/h2-7,10-11,18H,8-9,12-16H2,1H3,(H,27,31)(H,28,33). The molecular weight excluding hydrogens is 432 g/mol. The third-order valence-electron chi connectivity index (χ3n) is 6.97. The molecule has 1 atom stereocenters. The Hall–Kier alpha value is -3.68. The fourth-order valence-corrected chi connectivity index (χ4v) is 4.84. The Kier molecular flexibility index (Phi) is 5.59. The fraction of sp³-hybridized carbons (Fsp3) is 0.385. The topological polar surface area (TPSA) is 98.8 Å². The van der Waals surface area contributed by atoms with Crippen molar-refractivity contribution in [3.63, 3.8) is 0 Å². The number of nitrogens with one attached hydrogen (secondary N) is 2. The van der Waals surface area contributed by atoms with Gasteiger partial charge in [0.2, 0.25) is 17.7 Å². The maximum atomic E-state index is 13.2. The number of hydrogen-bond acceptors (Lipinski definition) is 4. The summed E-state index contributed by atoms with van der Waals surface area (Å²) in [6.07, 6.45) is 2.97. The number of amides is 4. The van der Waals surface area contributed by atoms with E-state index in [2.05, 4.69) is 10.6 Å². The highest BCUT2D eigenvalue weighted by molar-refractivity contribution is 6.10. The predicted octanol–water partition coefficient (Wildman–Crippen LogP) is 3.04. The molecule has 0 radical (unpaired) electrons. The van der Waals surface area contributed by atoms with Crippen molar-refractivity contribution in [2.45, 2.75) is 51.2 Å². The zero-order chi connectivity index (χ0) is 23.9. The Morgan fingerprint density at radius 3 is 2.53 bits per heavy atom. The van der Waals surface area contributed by atoms with Gasteiger partial charge in [-0.1, -0.05) is 24.3 Å². The van der Waals surface area contributed by atoms with Crippen molar-refractivity contribution in [3.05, 3.63) is 59.7 Å². The second-order valence-electron chi connectivity index (χ2n) is 9.41. The molecule has 0 bridgehead atoms. The maximum Gasteiger partial charge on any atom is 0.257 e. The van der Waals surface area contributed by atoms with Crippen molar-refractivity contribution in [2.75, 3.05) is 16.8 Å². The van der Waals surface area contributed by atoms with Crippen LogP contribution in [0.2, 0.25) is 0 Å². The zero-order valence-electron chi connectivity index (χ0n) is 19.2. The SMILES string of the molecule is CC12CCC(=O)N1c1ccccc1C(=O)N2CCC(=O)NCc1ccc(NC(=O)C2CC2)cc1. The van der Waals surface area contributed by atoms with Gasteiger partial charge in [0.1, 0.15) is 5.66 Å². The third kappa shape index (κ3) is 4.04. The second kappa shape index (κ2) is 8.59. The molecular formula is C26H28N4O4. The van der Waals surface area contributed by atoms with Crippen LogP contribution < -0.4 is 15.5 Å². The van der Waals surface area contributed by atoms with Gasteiger partial charge in [-0.3, -0.25) is 24.1 Å². The molecule has 34 heavy (non-hydrogen) atoms. The highest BCUT2D eigenvalue weighted by atomic mass is 16.2. The van der Waals surface area contributed by atoms with Gasteiger partial charge in [0.05, 0.1) is 11.3 Å². The van der Waals surface area contributed by atoms with Crippen LogP contribution >= 0.6 is 0 Å². The lowest BCUT2D eigenvalue weighted by atomic mass is 9.98. The van der Waals surface area contributed by atoms with Crippen LogP contribution in [0.15, 0.2) is 48.5 Å². The molecule has 1 aliphatic carbocycles. The van der Waals surface area contributed by atoms with Crippen molar-refractivity contribution < 1.29 is 19.2 Å². The van der Waals surface area contributed by atoms with Crippen LogP contribution in [0.3, 0.4) is 0 Å². The Labute approximate surface area is 198 Å². The van der Waals surface area contributed by atoms with Gasteiger partial charge in [-0.05, 0) is 56.0 Å². The van der Waals surface area contributed by atoms with Crippen LogP contribution in [0.4, 0.5) is 11.4 Å². The van der Waals surface area contributed by atoms with Crippen LogP contribution in [-0.4, -0.2) is 40.7 Å². The number of hydrogen-bond donors (Lipinski definition) is 2. The average Bonchev–Trinajstić information content (AvgIpc) is 3.63. The van der Waals surface area contributed by atoms with Gasteiger partial charge >= 0.3 is 0 Å². The van der Waals surface area contributed by atoms with Crippen molar-refractivity contribution in [3.8, 4) is 0 Å². The van der Waals surface area contributed by atoms with E-state index in [1.54, 1.807) is 28.0 Å². The first kappa shape index (κ1) is 22.1. The van der Waals surface area contributed by atoms with Crippen LogP contribution in [0.25, 0.3) is 0 Å². The monoisotopic (exact) mass is 460 g/mol. The van der Waals surface area contributed by atoms with E-state index in [1.807, 2.05) is 37.3 Å². The van der Waals surface area contributed by atoms with E-state index >= 15 is 0 Å². The Morgan fingerprint density at radius 1 is 1.06 bits per heavy atom. The average molecular weight is 461 g/mol. The van der Waals surface area contributed by atoms with Gasteiger partial charge in [-0.15, -0.1) is 0 Å². The third-order valence-corrected chi connectivity index (χ3v) is 6.97. The second-order valence-corrected chi connectivity index (χ2v) is 9.41. The molecule has 8 nitrogen and oxygen atoms in total. The van der Waals surface area contributed by atoms with E-state index in [-0.39, 0.29) is 42.5 Å². The summed E-state index contributed by atoms with van der Waals surface area (Å²) in [5.74, 6) is -0.116. The van der Waals surface area contributed by atoms with Crippen LogP contribution in [0.5, 0.6) is 0 Å². The minimum Gasteiger partial charge on any atom is -0.352 e. The molecule has 2 aromatic carbocycles. The van der Waals surface area contributed by atoms with E-state index in [4.69, 9.17) is 0 Å². The number of carbonyl (C=O) groups excluding carboxylic acids is 4. The van der Waals surface area contributed by atoms with Crippen LogP contribution in [0.1, 0.15) is 54.9 Å². The molecule has 2 aliphatic heterocycles. The summed E-state index contributed by atoms with van der Waals surface area (Å²) in [5, 5.41) is 5.79. The smallest absolute Gasteiger partial charge is 0.257 e. The van der Waals surface area contributed by atoms with E-state index in [1.165, 1.54) is 0 Å². The lowest BCUT2D eigenvalue weighted by Gasteiger charge is -2.48. The molecule has 1 saturated heterocycles. The molecule has 1 unspecified atom stereocenters. The van der Waals surface area contributed by atoms with E-state index in [0.29, 0.717) is 30.6 Å². The van der Waals surface area contributed by atoms with E-state index in [0.717, 1.165) is 24.1 Å². The molecule has 2 N–H and O–H groups in total. The first-order chi connectivity index (χ1) is 16.4. The van der Waals surface area contributed by atoms with Crippen molar-refractivity contribution >= 4 is 35.0 Å². The Bertz CT molecular complexity index is 1160. The summed E-state index contributed by atoms with van der Waals surface area (Å²) in [6.45, 7) is 2.48. The zero-order valence-corrected chi connectivity index (χ0v) is 19.2. The predicted molar refractivity (Wildman–Crippen MR) is 127 cm³/mol. The summed E-state index contributed by atoms with van der Waals surface area (Å²) >= 11 is 0. The summed E-state index contributed by atoms with van der Waals surface area (Å²) < 4.78 is 0. The molecule has 8 heteroatoms. The highest BCUT2D eigenvalue weighted by Crippen LogP contribution is 2.43. The molecule has 0 spiro atoms. The number of carbonyl (C=O) groups is 4. The molecule has 5 rings (SSSR count). The summed E-state index contributed by atoms with van der Waals surface area (Å²) in [7, 11) is 0. The van der Waals surface area contributed by atoms with Gasteiger partial charge in [-0.2, -0.15) is 0 Å². The van der Waals surface area contributed by atoms with Crippen LogP contribution in [0, 0.1) is 5.92 Å². The lowest BCUT2D eigenvalue weighted by molar-refractivity contribution is -0.121. The molecule has 2 heterocycles. The van der Waals surface area contributed by atoms with Crippen LogP contribution in [-0.2, 0) is 20.9 Å². The fourth-order valence-electron chi connectivity index (χ4n) is 4.84. The summed E-state index contributed by atoms with van der Waals surface area (Å²) in [4.78, 5) is 53.7. The van der Waals surface area contributed by atoms with Crippen molar-refractivity contribution in [1.29, 1.82) is 0 Å². The van der Waals surface area contributed by atoms with Gasteiger partial charge in [0.15, 0.2) is 0 Å². The van der Waals surface area contributed by atoms with Gasteiger partial charge in [0, 0.05) is 37.5 Å². The first-order valence-corrected chi connectivity index (χ1v) is 11.8. The maximum absolute atomic E-state index is 13.2. The molecule has 176 valence electrons. The molecule has 3 aliphatic rings. The molecule has 1 saturated carbocycles. The number of benzene rings is 2. The van der Waals surface area contributed by atoms with Gasteiger partial charge < -0.3 is 15.5 Å². The summed E-state index contributed by atoms with van der Waals surface area (Å²) in [6, 6.07) is 14.6. The van der Waals surface area contributed by atoms with Crippen molar-refractivity contribution in [2.24, 2.45) is 5.92 Å². The molecule has 0 aromatic heterocycles. The highest BCUT2D eigenvalue weighted by Gasteiger charge is 2.52. The number of anilines is 2. The minimum atomic E-state index is -0.760. The molecule has 2 aromatic rings. The van der Waals surface area contributed by atoms with Crippen molar-refractivity contribution in [1.82, 2.24) is 10.2 Å². The molecule has 4 amide bonds. The minimum absolute atomic E-state index is 0.00586.